The number of likely N-dealkylation sites (tertiary alicyclic amines) is 1. The first-order chi connectivity index (χ1) is 8.50. The molecule has 1 amide bonds. The summed E-state index contributed by atoms with van der Waals surface area (Å²) in [5.41, 5.74) is 0. The Labute approximate surface area is 118 Å². The van der Waals surface area contributed by atoms with Crippen molar-refractivity contribution in [1.29, 1.82) is 0 Å². The summed E-state index contributed by atoms with van der Waals surface area (Å²) < 4.78 is 0.780. The fourth-order valence-corrected chi connectivity index (χ4v) is 3.66. The molecule has 1 aromatic heterocycles. The molecule has 0 bridgehead atoms. The zero-order valence-corrected chi connectivity index (χ0v) is 12.3. The fraction of sp³-hybridized carbons (Fsp3) is 0.500. The van der Waals surface area contributed by atoms with Crippen molar-refractivity contribution in [3.63, 3.8) is 0 Å². The first-order valence-electron chi connectivity index (χ1n) is 5.77. The molecule has 1 N–H and O–H groups in total. The minimum atomic E-state index is -0.815. The van der Waals surface area contributed by atoms with Gasteiger partial charge in [0.15, 0.2) is 0 Å². The number of hydrogen-bond donors (Lipinski definition) is 1. The SMILES string of the molecule is CC1CCC(C(=O)O)CN1C(=O)c1sccc1Br. The number of nitrogens with zero attached hydrogens (tertiary/aromatic N) is 1. The summed E-state index contributed by atoms with van der Waals surface area (Å²) in [4.78, 5) is 25.7. The summed E-state index contributed by atoms with van der Waals surface area (Å²) in [5.74, 6) is -1.33. The molecule has 0 aromatic carbocycles. The second kappa shape index (κ2) is 5.40. The molecule has 2 rings (SSSR count). The molecule has 1 aliphatic rings. The Balaban J connectivity index is 2.18. The average Bonchev–Trinajstić information content (AvgIpc) is 2.75. The lowest BCUT2D eigenvalue weighted by atomic mass is 9.93. The zero-order valence-electron chi connectivity index (χ0n) is 9.93. The maximum Gasteiger partial charge on any atom is 0.308 e. The van der Waals surface area contributed by atoms with E-state index in [4.69, 9.17) is 5.11 Å². The van der Waals surface area contributed by atoms with Gasteiger partial charge in [-0.2, -0.15) is 0 Å². The maximum absolute atomic E-state index is 12.4. The summed E-state index contributed by atoms with van der Waals surface area (Å²) in [6.45, 7) is 2.27. The topological polar surface area (TPSA) is 57.6 Å². The van der Waals surface area contributed by atoms with Crippen molar-refractivity contribution in [2.75, 3.05) is 6.54 Å². The van der Waals surface area contributed by atoms with Crippen molar-refractivity contribution in [3.05, 3.63) is 20.8 Å². The van der Waals surface area contributed by atoms with E-state index in [1.165, 1.54) is 11.3 Å². The summed E-state index contributed by atoms with van der Waals surface area (Å²) in [5, 5.41) is 10.9. The molecular weight excluding hydrogens is 318 g/mol. The number of amides is 1. The van der Waals surface area contributed by atoms with Crippen LogP contribution in [0.5, 0.6) is 0 Å². The van der Waals surface area contributed by atoms with Crippen LogP contribution < -0.4 is 0 Å². The summed E-state index contributed by atoms with van der Waals surface area (Å²) in [6.07, 6.45) is 1.39. The predicted molar refractivity (Wildman–Crippen MR) is 72.9 cm³/mol. The quantitative estimate of drug-likeness (QED) is 0.906. The number of carbonyl (C=O) groups excluding carboxylic acids is 1. The molecule has 0 radical (unpaired) electrons. The van der Waals surface area contributed by atoms with E-state index in [9.17, 15) is 9.59 Å². The Morgan fingerprint density at radius 1 is 1.50 bits per heavy atom. The minimum absolute atomic E-state index is 0.0738. The summed E-state index contributed by atoms with van der Waals surface area (Å²) in [6, 6.07) is 1.93. The van der Waals surface area contributed by atoms with Crippen LogP contribution >= 0.6 is 27.3 Å². The van der Waals surface area contributed by atoms with E-state index in [1.54, 1.807) is 4.90 Å². The van der Waals surface area contributed by atoms with Crippen LogP contribution in [0.4, 0.5) is 0 Å². The van der Waals surface area contributed by atoms with Crippen LogP contribution in [0.15, 0.2) is 15.9 Å². The molecule has 2 unspecified atom stereocenters. The monoisotopic (exact) mass is 331 g/mol. The van der Waals surface area contributed by atoms with E-state index in [-0.39, 0.29) is 11.9 Å². The number of carboxylic acids is 1. The summed E-state index contributed by atoms with van der Waals surface area (Å²) in [7, 11) is 0. The van der Waals surface area contributed by atoms with Gasteiger partial charge in [-0.1, -0.05) is 0 Å². The van der Waals surface area contributed by atoms with Crippen LogP contribution in [0.2, 0.25) is 0 Å². The third-order valence-electron chi connectivity index (χ3n) is 3.30. The number of carboxylic acid groups (broad SMARTS) is 1. The predicted octanol–water partition coefficient (Wildman–Crippen LogP) is 2.84. The zero-order chi connectivity index (χ0) is 13.3. The Kier molecular flexibility index (Phi) is 4.07. The number of carbonyl (C=O) groups is 2. The average molecular weight is 332 g/mol. The lowest BCUT2D eigenvalue weighted by Crippen LogP contribution is -2.47. The number of aliphatic carboxylic acids is 1. The molecule has 1 aliphatic heterocycles. The first-order valence-corrected chi connectivity index (χ1v) is 7.44. The van der Waals surface area contributed by atoms with Crippen LogP contribution in [0.3, 0.4) is 0 Å². The first kappa shape index (κ1) is 13.5. The number of halogens is 1. The molecule has 98 valence electrons. The molecule has 0 aliphatic carbocycles. The van der Waals surface area contributed by atoms with Gasteiger partial charge in [-0.3, -0.25) is 9.59 Å². The van der Waals surface area contributed by atoms with Crippen molar-refractivity contribution in [2.24, 2.45) is 5.92 Å². The second-order valence-corrected chi connectivity index (χ2v) is 6.29. The van der Waals surface area contributed by atoms with Crippen LogP contribution in [-0.4, -0.2) is 34.5 Å². The molecule has 1 saturated heterocycles. The summed E-state index contributed by atoms with van der Waals surface area (Å²) >= 11 is 4.72. The number of thiophene rings is 1. The smallest absolute Gasteiger partial charge is 0.308 e. The van der Waals surface area contributed by atoms with Crippen LogP contribution in [-0.2, 0) is 4.79 Å². The highest BCUT2D eigenvalue weighted by Gasteiger charge is 2.33. The molecule has 2 heterocycles. The van der Waals surface area contributed by atoms with E-state index in [2.05, 4.69) is 15.9 Å². The van der Waals surface area contributed by atoms with E-state index < -0.39 is 11.9 Å². The van der Waals surface area contributed by atoms with E-state index in [0.717, 1.165) is 10.9 Å². The van der Waals surface area contributed by atoms with Gasteiger partial charge in [0.1, 0.15) is 4.88 Å². The Morgan fingerprint density at radius 2 is 2.22 bits per heavy atom. The van der Waals surface area contributed by atoms with E-state index in [1.807, 2.05) is 18.4 Å². The largest absolute Gasteiger partial charge is 0.481 e. The van der Waals surface area contributed by atoms with Gasteiger partial charge in [0.05, 0.1) is 5.92 Å². The van der Waals surface area contributed by atoms with Gasteiger partial charge < -0.3 is 10.0 Å². The minimum Gasteiger partial charge on any atom is -0.481 e. The Bertz CT molecular complexity index is 474. The van der Waals surface area contributed by atoms with Gasteiger partial charge in [-0.15, -0.1) is 11.3 Å². The van der Waals surface area contributed by atoms with Gasteiger partial charge in [0, 0.05) is 17.1 Å². The Morgan fingerprint density at radius 3 is 2.78 bits per heavy atom. The highest BCUT2D eigenvalue weighted by molar-refractivity contribution is 9.10. The van der Waals surface area contributed by atoms with Crippen molar-refractivity contribution >= 4 is 39.1 Å². The molecule has 1 fully saturated rings. The molecule has 4 nitrogen and oxygen atoms in total. The second-order valence-electron chi connectivity index (χ2n) is 4.52. The van der Waals surface area contributed by atoms with Crippen LogP contribution in [0.25, 0.3) is 0 Å². The molecule has 1 aromatic rings. The standard InChI is InChI=1S/C12H14BrNO3S/c1-7-2-3-8(12(16)17)6-14(7)11(15)10-9(13)4-5-18-10/h4-5,7-8H,2-3,6H2,1H3,(H,16,17). The van der Waals surface area contributed by atoms with E-state index in [0.29, 0.717) is 17.8 Å². The van der Waals surface area contributed by atoms with Crippen molar-refractivity contribution in [3.8, 4) is 0 Å². The van der Waals surface area contributed by atoms with Gasteiger partial charge in [-0.05, 0) is 47.1 Å². The molecule has 2 atom stereocenters. The molecule has 0 spiro atoms. The molecule has 0 saturated carbocycles. The molecular formula is C12H14BrNO3S. The lowest BCUT2D eigenvalue weighted by Gasteiger charge is -2.36. The Hall–Kier alpha value is -0.880. The maximum atomic E-state index is 12.4. The normalized spacial score (nSPS) is 24.0. The third-order valence-corrected chi connectivity index (χ3v) is 5.13. The molecule has 18 heavy (non-hydrogen) atoms. The number of hydrogen-bond acceptors (Lipinski definition) is 3. The number of piperidine rings is 1. The molecule has 6 heteroatoms. The van der Waals surface area contributed by atoms with Crippen molar-refractivity contribution in [2.45, 2.75) is 25.8 Å². The fourth-order valence-electron chi connectivity index (χ4n) is 2.17. The van der Waals surface area contributed by atoms with Gasteiger partial charge in [-0.25, -0.2) is 0 Å². The lowest BCUT2D eigenvalue weighted by molar-refractivity contribution is -0.143. The van der Waals surface area contributed by atoms with Crippen LogP contribution in [0, 0.1) is 5.92 Å². The third kappa shape index (κ3) is 2.59. The van der Waals surface area contributed by atoms with Crippen LogP contribution in [0.1, 0.15) is 29.4 Å². The van der Waals surface area contributed by atoms with E-state index >= 15 is 0 Å². The van der Waals surface area contributed by atoms with Gasteiger partial charge in [0.2, 0.25) is 0 Å². The number of rotatable bonds is 2. The van der Waals surface area contributed by atoms with Crippen molar-refractivity contribution < 1.29 is 14.7 Å². The highest BCUT2D eigenvalue weighted by Crippen LogP contribution is 2.29. The van der Waals surface area contributed by atoms with Crippen molar-refractivity contribution in [1.82, 2.24) is 4.90 Å². The highest BCUT2D eigenvalue weighted by atomic mass is 79.9. The van der Waals surface area contributed by atoms with Gasteiger partial charge >= 0.3 is 5.97 Å². The van der Waals surface area contributed by atoms with Gasteiger partial charge in [0.25, 0.3) is 5.91 Å².